The molecular weight excluding hydrogens is 519 g/mol. The smallest absolute Gasteiger partial charge is 0.388 e. The van der Waals surface area contributed by atoms with E-state index in [1.54, 1.807) is 4.90 Å². The van der Waals surface area contributed by atoms with Crippen molar-refractivity contribution in [2.75, 3.05) is 18.4 Å². The molecule has 1 unspecified atom stereocenters. The molecular formula is C26H32F3N5O3S. The summed E-state index contributed by atoms with van der Waals surface area (Å²) >= 11 is 0.737. The number of alkyl halides is 3. The maximum Gasteiger partial charge on any atom is 0.417 e. The zero-order chi connectivity index (χ0) is 27.2. The molecule has 5 rings (SSSR count). The van der Waals surface area contributed by atoms with Crippen molar-refractivity contribution in [1.82, 2.24) is 20.2 Å². The summed E-state index contributed by atoms with van der Waals surface area (Å²) < 4.78 is 43.1. The highest BCUT2D eigenvalue weighted by Gasteiger charge is 2.41. The van der Waals surface area contributed by atoms with Crippen LogP contribution < -0.4 is 10.6 Å². The normalized spacial score (nSPS) is 21.3. The highest BCUT2D eigenvalue weighted by molar-refractivity contribution is 7.17. The second kappa shape index (κ2) is 10.1. The van der Waals surface area contributed by atoms with Gasteiger partial charge in [0.1, 0.15) is 11.5 Å². The summed E-state index contributed by atoms with van der Waals surface area (Å²) in [7, 11) is 0. The maximum absolute atomic E-state index is 14.4. The molecule has 3 heterocycles. The molecule has 2 atom stereocenters. The van der Waals surface area contributed by atoms with E-state index >= 15 is 0 Å². The highest BCUT2D eigenvalue weighted by Crippen LogP contribution is 2.43. The van der Waals surface area contributed by atoms with Crippen molar-refractivity contribution in [2.24, 2.45) is 5.92 Å². The molecule has 2 aliphatic carbocycles. The van der Waals surface area contributed by atoms with Gasteiger partial charge in [0, 0.05) is 36.9 Å². The molecule has 8 nitrogen and oxygen atoms in total. The summed E-state index contributed by atoms with van der Waals surface area (Å²) in [5, 5.41) is 15.7. The number of pyridine rings is 1. The van der Waals surface area contributed by atoms with Crippen LogP contribution in [0.15, 0.2) is 12.3 Å². The number of hydrogen-bond acceptors (Lipinski definition) is 7. The van der Waals surface area contributed by atoms with Gasteiger partial charge in [-0.3, -0.25) is 9.59 Å². The van der Waals surface area contributed by atoms with Crippen LogP contribution in [-0.2, 0) is 6.18 Å². The molecule has 3 fully saturated rings. The van der Waals surface area contributed by atoms with Gasteiger partial charge < -0.3 is 20.6 Å². The number of anilines is 1. The Balaban J connectivity index is 1.53. The minimum Gasteiger partial charge on any atom is -0.388 e. The van der Waals surface area contributed by atoms with Crippen molar-refractivity contribution in [3.05, 3.63) is 28.5 Å². The van der Waals surface area contributed by atoms with Gasteiger partial charge in [0.15, 0.2) is 5.01 Å². The monoisotopic (exact) mass is 551 g/mol. The third kappa shape index (κ3) is 5.66. The molecule has 12 heteroatoms. The number of aliphatic hydroxyl groups is 1. The fourth-order valence-electron chi connectivity index (χ4n) is 4.95. The van der Waals surface area contributed by atoms with Gasteiger partial charge in [-0.05, 0) is 63.9 Å². The Hall–Kier alpha value is -2.73. The van der Waals surface area contributed by atoms with Gasteiger partial charge in [0.05, 0.1) is 16.0 Å². The van der Waals surface area contributed by atoms with Crippen LogP contribution in [0, 0.1) is 5.92 Å². The Kier molecular flexibility index (Phi) is 7.14. The lowest BCUT2D eigenvalue weighted by molar-refractivity contribution is -0.137. The van der Waals surface area contributed by atoms with E-state index in [0.717, 1.165) is 55.7 Å². The minimum atomic E-state index is -4.72. The Morgan fingerprint density at radius 1 is 1.29 bits per heavy atom. The van der Waals surface area contributed by atoms with Crippen LogP contribution >= 0.6 is 11.3 Å². The average molecular weight is 552 g/mol. The van der Waals surface area contributed by atoms with Crippen LogP contribution in [0.2, 0.25) is 0 Å². The summed E-state index contributed by atoms with van der Waals surface area (Å²) in [6.45, 7) is 4.35. The second-order valence-electron chi connectivity index (χ2n) is 10.7. The van der Waals surface area contributed by atoms with Crippen molar-refractivity contribution in [3.63, 3.8) is 0 Å². The van der Waals surface area contributed by atoms with Gasteiger partial charge in [-0.1, -0.05) is 6.92 Å². The number of carbonyl (C=O) groups is 2. The summed E-state index contributed by atoms with van der Waals surface area (Å²) in [6.07, 6.45) is 1.94. The summed E-state index contributed by atoms with van der Waals surface area (Å²) in [4.78, 5) is 36.4. The SMILES string of the molecule is CC[C@H](Nc1cc(C(F)(F)F)c(-c2sc(C(=O)NCC3(O)CC3)nc2C(=O)N2CCCC2C)cn1)C1CC1. The van der Waals surface area contributed by atoms with Crippen molar-refractivity contribution in [2.45, 2.75) is 82.7 Å². The first-order valence-corrected chi connectivity index (χ1v) is 14.0. The minimum absolute atomic E-state index is 0.0164. The van der Waals surface area contributed by atoms with Crippen LogP contribution in [-0.4, -0.2) is 62.6 Å². The van der Waals surface area contributed by atoms with Gasteiger partial charge in [0.2, 0.25) is 0 Å². The van der Waals surface area contributed by atoms with Crippen molar-refractivity contribution in [1.29, 1.82) is 0 Å². The maximum atomic E-state index is 14.4. The predicted octanol–water partition coefficient (Wildman–Crippen LogP) is 4.70. The van der Waals surface area contributed by atoms with E-state index in [9.17, 15) is 27.9 Å². The summed E-state index contributed by atoms with van der Waals surface area (Å²) in [5.41, 5.74) is -2.36. The quantitative estimate of drug-likeness (QED) is 0.417. The number of hydrogen-bond donors (Lipinski definition) is 3. The number of thiazole rings is 1. The molecule has 0 radical (unpaired) electrons. The zero-order valence-electron chi connectivity index (χ0n) is 21.4. The molecule has 1 saturated heterocycles. The Labute approximate surface area is 223 Å². The summed E-state index contributed by atoms with van der Waals surface area (Å²) in [5.74, 6) is -0.587. The predicted molar refractivity (Wildman–Crippen MR) is 137 cm³/mol. The number of rotatable bonds is 9. The molecule has 38 heavy (non-hydrogen) atoms. The third-order valence-corrected chi connectivity index (χ3v) is 8.75. The number of amides is 2. The molecule has 206 valence electrons. The van der Waals surface area contributed by atoms with Crippen LogP contribution in [0.3, 0.4) is 0 Å². The number of carbonyl (C=O) groups excluding carboxylic acids is 2. The van der Waals surface area contributed by atoms with Crippen LogP contribution in [0.1, 0.15) is 84.6 Å². The lowest BCUT2D eigenvalue weighted by Crippen LogP contribution is -2.35. The molecule has 2 aromatic heterocycles. The molecule has 0 bridgehead atoms. The molecule has 2 amide bonds. The lowest BCUT2D eigenvalue weighted by atomic mass is 10.1. The number of nitrogens with zero attached hydrogens (tertiary/aromatic N) is 3. The zero-order valence-corrected chi connectivity index (χ0v) is 22.2. The van der Waals surface area contributed by atoms with Gasteiger partial charge in [0.25, 0.3) is 11.8 Å². The average Bonchev–Trinajstić information content (AvgIpc) is 3.77. The molecule has 1 aliphatic heterocycles. The number of nitrogens with one attached hydrogen (secondary N) is 2. The standard InChI is InChI=1S/C26H32F3N5O3S/c1-3-18(15-6-7-15)32-19-11-17(26(27,28)29)16(12-30-19)21-20(24(36)34-10-4-5-14(34)2)33-23(38-21)22(35)31-13-25(37)8-9-25/h11-12,14-15,18,37H,3-10,13H2,1-2H3,(H,30,32)(H,31,35)/t14?,18-/m0/s1. The Morgan fingerprint density at radius 3 is 2.61 bits per heavy atom. The van der Waals surface area contributed by atoms with E-state index in [0.29, 0.717) is 25.3 Å². The molecule has 2 saturated carbocycles. The number of halogens is 3. The largest absolute Gasteiger partial charge is 0.417 e. The molecule has 3 N–H and O–H groups in total. The van der Waals surface area contributed by atoms with Gasteiger partial charge >= 0.3 is 6.18 Å². The van der Waals surface area contributed by atoms with Crippen LogP contribution in [0.5, 0.6) is 0 Å². The first kappa shape index (κ1) is 26.9. The van der Waals surface area contributed by atoms with Crippen molar-refractivity contribution in [3.8, 4) is 10.4 Å². The van der Waals surface area contributed by atoms with Crippen LogP contribution in [0.25, 0.3) is 10.4 Å². The van der Waals surface area contributed by atoms with E-state index in [2.05, 4.69) is 20.6 Å². The van der Waals surface area contributed by atoms with E-state index < -0.39 is 29.2 Å². The molecule has 3 aliphatic rings. The van der Waals surface area contributed by atoms with E-state index in [-0.39, 0.29) is 45.6 Å². The molecule has 2 aromatic rings. The van der Waals surface area contributed by atoms with Crippen molar-refractivity contribution < 1.29 is 27.9 Å². The van der Waals surface area contributed by atoms with Crippen molar-refractivity contribution >= 4 is 29.0 Å². The number of aromatic nitrogens is 2. The highest BCUT2D eigenvalue weighted by atomic mass is 32.1. The van der Waals surface area contributed by atoms with E-state index in [1.165, 1.54) is 0 Å². The van der Waals surface area contributed by atoms with E-state index in [1.807, 2.05) is 13.8 Å². The van der Waals surface area contributed by atoms with Gasteiger partial charge in [-0.15, -0.1) is 11.3 Å². The number of likely N-dealkylation sites (tertiary alicyclic amines) is 1. The fourth-order valence-corrected chi connectivity index (χ4v) is 5.95. The first-order valence-electron chi connectivity index (χ1n) is 13.2. The van der Waals surface area contributed by atoms with Gasteiger partial charge in [-0.2, -0.15) is 13.2 Å². The second-order valence-corrected chi connectivity index (χ2v) is 11.7. The van der Waals surface area contributed by atoms with Gasteiger partial charge in [-0.25, -0.2) is 9.97 Å². The Bertz CT molecular complexity index is 1230. The lowest BCUT2D eigenvalue weighted by Gasteiger charge is -2.22. The molecule has 0 aromatic carbocycles. The van der Waals surface area contributed by atoms with E-state index in [4.69, 9.17) is 0 Å². The Morgan fingerprint density at radius 2 is 2.03 bits per heavy atom. The summed E-state index contributed by atoms with van der Waals surface area (Å²) in [6, 6.07) is 0.941. The fraction of sp³-hybridized carbons (Fsp3) is 0.615. The molecule has 0 spiro atoms. The first-order chi connectivity index (χ1) is 18.0. The topological polar surface area (TPSA) is 107 Å². The third-order valence-electron chi connectivity index (χ3n) is 7.66. The van der Waals surface area contributed by atoms with Crippen LogP contribution in [0.4, 0.5) is 19.0 Å².